The third-order valence-electron chi connectivity index (χ3n) is 2.08. The van der Waals surface area contributed by atoms with E-state index in [-0.39, 0.29) is 6.61 Å². The zero-order valence-corrected chi connectivity index (χ0v) is 8.87. The Morgan fingerprint density at radius 1 is 1.50 bits per heavy atom. The number of hydrogen-bond acceptors (Lipinski definition) is 2. The van der Waals surface area contributed by atoms with E-state index in [0.29, 0.717) is 0 Å². The third kappa shape index (κ3) is 2.60. The Labute approximate surface area is 84.8 Å². The Morgan fingerprint density at radius 2 is 2.21 bits per heavy atom. The third-order valence-corrected chi connectivity index (χ3v) is 2.08. The van der Waals surface area contributed by atoms with Gasteiger partial charge in [0.15, 0.2) is 0 Å². The normalized spacial score (nSPS) is 11.6. The van der Waals surface area contributed by atoms with Gasteiger partial charge in [-0.3, -0.25) is 0 Å². The lowest BCUT2D eigenvalue weighted by atomic mass is 10.1. The van der Waals surface area contributed by atoms with Crippen molar-refractivity contribution >= 4 is 6.08 Å². The van der Waals surface area contributed by atoms with Crippen LogP contribution < -0.4 is 4.74 Å². The van der Waals surface area contributed by atoms with Crippen LogP contribution in [0.5, 0.6) is 5.75 Å². The summed E-state index contributed by atoms with van der Waals surface area (Å²) in [5, 5.41) is 8.87. The first-order chi connectivity index (χ1) is 6.67. The Morgan fingerprint density at radius 3 is 2.71 bits per heavy atom. The second kappa shape index (κ2) is 4.82. The molecule has 0 aliphatic carbocycles. The van der Waals surface area contributed by atoms with Crippen molar-refractivity contribution in [2.24, 2.45) is 0 Å². The van der Waals surface area contributed by atoms with Crippen molar-refractivity contribution in [1.82, 2.24) is 0 Å². The monoisotopic (exact) mass is 192 g/mol. The minimum absolute atomic E-state index is 0.102. The highest BCUT2D eigenvalue weighted by Gasteiger charge is 1.97. The van der Waals surface area contributed by atoms with E-state index in [1.165, 1.54) is 0 Å². The van der Waals surface area contributed by atoms with Crippen LogP contribution in [0.4, 0.5) is 0 Å². The van der Waals surface area contributed by atoms with Crippen LogP contribution in [0.2, 0.25) is 0 Å². The van der Waals surface area contributed by atoms with Gasteiger partial charge in [0.2, 0.25) is 0 Å². The number of rotatable bonds is 3. The summed E-state index contributed by atoms with van der Waals surface area (Å²) in [5.74, 6) is 0.892. The number of aliphatic hydroxyl groups excluding tert-OH is 1. The summed E-state index contributed by atoms with van der Waals surface area (Å²) in [7, 11) is 1.66. The van der Waals surface area contributed by atoms with Crippen molar-refractivity contribution in [3.05, 3.63) is 34.9 Å². The van der Waals surface area contributed by atoms with Gasteiger partial charge in [-0.25, -0.2) is 0 Å². The van der Waals surface area contributed by atoms with Crippen LogP contribution in [0.1, 0.15) is 18.1 Å². The quantitative estimate of drug-likeness (QED) is 0.796. The SMILES string of the molecule is COc1ccc(/C=C(/C)CO)cc1C. The van der Waals surface area contributed by atoms with Crippen molar-refractivity contribution < 1.29 is 9.84 Å². The molecule has 2 heteroatoms. The number of benzene rings is 1. The van der Waals surface area contributed by atoms with Gasteiger partial charge in [0.1, 0.15) is 5.75 Å². The van der Waals surface area contributed by atoms with Crippen LogP contribution in [-0.2, 0) is 0 Å². The van der Waals surface area contributed by atoms with Gasteiger partial charge in [0, 0.05) is 0 Å². The van der Waals surface area contributed by atoms with Gasteiger partial charge in [-0.1, -0.05) is 12.1 Å². The number of aryl methyl sites for hydroxylation is 1. The molecule has 0 atom stereocenters. The second-order valence-electron chi connectivity index (χ2n) is 3.38. The molecule has 0 aliphatic heterocycles. The van der Waals surface area contributed by atoms with Crippen molar-refractivity contribution in [2.45, 2.75) is 13.8 Å². The van der Waals surface area contributed by atoms with Crippen molar-refractivity contribution in [1.29, 1.82) is 0 Å². The molecule has 2 nitrogen and oxygen atoms in total. The summed E-state index contributed by atoms with van der Waals surface area (Å²) in [6.45, 7) is 4.01. The molecular weight excluding hydrogens is 176 g/mol. The molecule has 0 unspecified atom stereocenters. The lowest BCUT2D eigenvalue weighted by Crippen LogP contribution is -1.88. The molecule has 0 aliphatic rings. The van der Waals surface area contributed by atoms with Crippen LogP contribution in [0, 0.1) is 6.92 Å². The predicted octanol–water partition coefficient (Wildman–Crippen LogP) is 2.40. The van der Waals surface area contributed by atoms with E-state index in [1.807, 2.05) is 38.1 Å². The van der Waals surface area contributed by atoms with Gasteiger partial charge >= 0.3 is 0 Å². The molecule has 76 valence electrons. The fraction of sp³-hybridized carbons (Fsp3) is 0.333. The Kier molecular flexibility index (Phi) is 3.72. The van der Waals surface area contributed by atoms with E-state index in [9.17, 15) is 0 Å². The first-order valence-electron chi connectivity index (χ1n) is 4.60. The van der Waals surface area contributed by atoms with Gasteiger partial charge in [-0.15, -0.1) is 0 Å². The van der Waals surface area contributed by atoms with E-state index in [0.717, 1.165) is 22.4 Å². The fourth-order valence-electron chi connectivity index (χ4n) is 1.32. The smallest absolute Gasteiger partial charge is 0.121 e. The highest BCUT2D eigenvalue weighted by atomic mass is 16.5. The molecule has 1 aromatic carbocycles. The molecule has 0 amide bonds. The summed E-state index contributed by atoms with van der Waals surface area (Å²) in [6.07, 6.45) is 1.96. The van der Waals surface area contributed by atoms with Crippen LogP contribution in [0.15, 0.2) is 23.8 Å². The fourth-order valence-corrected chi connectivity index (χ4v) is 1.32. The predicted molar refractivity (Wildman–Crippen MR) is 58.5 cm³/mol. The maximum absolute atomic E-state index is 8.87. The highest BCUT2D eigenvalue weighted by molar-refractivity contribution is 5.55. The number of ether oxygens (including phenoxy) is 1. The molecule has 0 saturated carbocycles. The average molecular weight is 192 g/mol. The molecule has 0 aromatic heterocycles. The first kappa shape index (κ1) is 10.8. The number of aliphatic hydroxyl groups is 1. The van der Waals surface area contributed by atoms with Crippen molar-refractivity contribution in [3.8, 4) is 5.75 Å². The minimum atomic E-state index is 0.102. The number of methoxy groups -OCH3 is 1. The largest absolute Gasteiger partial charge is 0.496 e. The zero-order valence-electron chi connectivity index (χ0n) is 8.87. The standard InChI is InChI=1S/C12H16O2/c1-9(8-13)6-11-4-5-12(14-3)10(2)7-11/h4-7,13H,8H2,1-3H3/b9-6-. The topological polar surface area (TPSA) is 29.5 Å². The van der Waals surface area contributed by atoms with Gasteiger partial charge in [0.05, 0.1) is 13.7 Å². The molecule has 0 bridgehead atoms. The van der Waals surface area contributed by atoms with E-state index in [4.69, 9.17) is 9.84 Å². The van der Waals surface area contributed by atoms with E-state index >= 15 is 0 Å². The van der Waals surface area contributed by atoms with Crippen LogP contribution in [0.3, 0.4) is 0 Å². The summed E-state index contributed by atoms with van der Waals surface area (Å²) < 4.78 is 5.16. The maximum atomic E-state index is 8.87. The van der Waals surface area contributed by atoms with Crippen molar-refractivity contribution in [2.75, 3.05) is 13.7 Å². The summed E-state index contributed by atoms with van der Waals surface area (Å²) in [6, 6.07) is 5.95. The van der Waals surface area contributed by atoms with Crippen LogP contribution in [0.25, 0.3) is 6.08 Å². The Balaban J connectivity index is 2.97. The molecule has 0 saturated heterocycles. The van der Waals surface area contributed by atoms with Crippen molar-refractivity contribution in [3.63, 3.8) is 0 Å². The lowest BCUT2D eigenvalue weighted by Gasteiger charge is -2.05. The molecule has 0 fully saturated rings. The van der Waals surface area contributed by atoms with Gasteiger partial charge < -0.3 is 9.84 Å². The molecular formula is C12H16O2. The van der Waals surface area contributed by atoms with Gasteiger partial charge in [-0.2, -0.15) is 0 Å². The molecule has 0 heterocycles. The number of hydrogen-bond donors (Lipinski definition) is 1. The Hall–Kier alpha value is -1.28. The molecule has 14 heavy (non-hydrogen) atoms. The molecule has 0 radical (unpaired) electrons. The Bertz CT molecular complexity index is 340. The second-order valence-corrected chi connectivity index (χ2v) is 3.38. The summed E-state index contributed by atoms with van der Waals surface area (Å²) in [5.41, 5.74) is 3.15. The molecule has 1 N–H and O–H groups in total. The molecule has 0 spiro atoms. The minimum Gasteiger partial charge on any atom is -0.496 e. The van der Waals surface area contributed by atoms with Crippen LogP contribution >= 0.6 is 0 Å². The zero-order chi connectivity index (χ0) is 10.6. The first-order valence-corrected chi connectivity index (χ1v) is 4.60. The molecule has 1 rings (SSSR count). The van der Waals surface area contributed by atoms with E-state index < -0.39 is 0 Å². The van der Waals surface area contributed by atoms with Gasteiger partial charge in [-0.05, 0) is 42.7 Å². The van der Waals surface area contributed by atoms with E-state index in [2.05, 4.69) is 0 Å². The summed E-state index contributed by atoms with van der Waals surface area (Å²) >= 11 is 0. The van der Waals surface area contributed by atoms with Gasteiger partial charge in [0.25, 0.3) is 0 Å². The average Bonchev–Trinajstić information content (AvgIpc) is 2.18. The highest BCUT2D eigenvalue weighted by Crippen LogP contribution is 2.19. The maximum Gasteiger partial charge on any atom is 0.121 e. The lowest BCUT2D eigenvalue weighted by molar-refractivity contribution is 0.332. The molecule has 1 aromatic rings. The summed E-state index contributed by atoms with van der Waals surface area (Å²) in [4.78, 5) is 0. The van der Waals surface area contributed by atoms with E-state index in [1.54, 1.807) is 7.11 Å². The van der Waals surface area contributed by atoms with Crippen LogP contribution in [-0.4, -0.2) is 18.8 Å².